The molecule has 1 amide bonds. The van der Waals surface area contributed by atoms with Gasteiger partial charge in [-0.25, -0.2) is 4.98 Å². The largest absolute Gasteiger partial charge is 0.388 e. The average molecular weight is 282 g/mol. The fraction of sp³-hybridized carbons (Fsp3) is 0.714. The lowest BCUT2D eigenvalue weighted by atomic mass is 9.85. The van der Waals surface area contributed by atoms with E-state index in [2.05, 4.69) is 17.2 Å². The molecule has 0 aromatic carbocycles. The van der Waals surface area contributed by atoms with Crippen LogP contribution >= 0.6 is 11.3 Å². The zero-order chi connectivity index (χ0) is 13.7. The number of nitrogens with zero attached hydrogens (tertiary/aromatic N) is 1. The topological polar surface area (TPSA) is 62.2 Å². The van der Waals surface area contributed by atoms with Crippen LogP contribution in [0.2, 0.25) is 0 Å². The highest BCUT2D eigenvalue weighted by atomic mass is 32.1. The second-order valence-corrected chi connectivity index (χ2v) is 6.27. The van der Waals surface area contributed by atoms with E-state index in [1.54, 1.807) is 11.3 Å². The van der Waals surface area contributed by atoms with Gasteiger partial charge in [-0.2, -0.15) is 0 Å². The number of hydrogen-bond donors (Lipinski definition) is 2. The monoisotopic (exact) mass is 282 g/mol. The van der Waals surface area contributed by atoms with Gasteiger partial charge >= 0.3 is 0 Å². The molecule has 2 N–H and O–H groups in total. The molecule has 1 aliphatic rings. The summed E-state index contributed by atoms with van der Waals surface area (Å²) in [6, 6.07) is 0. The van der Waals surface area contributed by atoms with Gasteiger partial charge in [0.05, 0.1) is 22.7 Å². The molecular formula is C14H22N2O2S. The lowest BCUT2D eigenvalue weighted by Crippen LogP contribution is -2.44. The molecule has 0 aliphatic heterocycles. The summed E-state index contributed by atoms with van der Waals surface area (Å²) in [4.78, 5) is 16.2. The van der Waals surface area contributed by atoms with Crippen LogP contribution in [-0.4, -0.2) is 28.1 Å². The van der Waals surface area contributed by atoms with Crippen LogP contribution < -0.4 is 5.32 Å². The minimum atomic E-state index is -0.690. The third-order valence-electron chi connectivity index (χ3n) is 3.64. The summed E-state index contributed by atoms with van der Waals surface area (Å²) < 4.78 is 0. The summed E-state index contributed by atoms with van der Waals surface area (Å²) in [6.07, 6.45) is 6.11. The fourth-order valence-electron chi connectivity index (χ4n) is 2.47. The lowest BCUT2D eigenvalue weighted by Gasteiger charge is -2.32. The SMILES string of the molecule is CCc1nc(CC(=O)NCC2(O)CCCCC2)cs1. The summed E-state index contributed by atoms with van der Waals surface area (Å²) in [5.74, 6) is -0.0491. The van der Waals surface area contributed by atoms with Crippen LogP contribution in [0.25, 0.3) is 0 Å². The van der Waals surface area contributed by atoms with Crippen molar-refractivity contribution in [2.45, 2.75) is 57.5 Å². The quantitative estimate of drug-likeness (QED) is 0.869. The van der Waals surface area contributed by atoms with Gasteiger partial charge in [-0.1, -0.05) is 26.2 Å². The summed E-state index contributed by atoms with van der Waals surface area (Å²) in [5.41, 5.74) is 0.139. The molecule has 1 aromatic rings. The molecular weight excluding hydrogens is 260 g/mol. The van der Waals surface area contributed by atoms with Crippen molar-refractivity contribution in [2.75, 3.05) is 6.54 Å². The third kappa shape index (κ3) is 4.28. The number of rotatable bonds is 5. The van der Waals surface area contributed by atoms with Gasteiger partial charge in [-0.15, -0.1) is 11.3 Å². The van der Waals surface area contributed by atoms with Crippen LogP contribution in [0.3, 0.4) is 0 Å². The van der Waals surface area contributed by atoms with E-state index < -0.39 is 5.60 Å². The number of amides is 1. The van der Waals surface area contributed by atoms with Crippen molar-refractivity contribution in [3.8, 4) is 0 Å². The Morgan fingerprint density at radius 2 is 2.21 bits per heavy atom. The number of aliphatic hydroxyl groups is 1. The van der Waals surface area contributed by atoms with E-state index in [1.165, 1.54) is 6.42 Å². The molecule has 1 aromatic heterocycles. The molecule has 1 aliphatic carbocycles. The minimum Gasteiger partial charge on any atom is -0.388 e. The lowest BCUT2D eigenvalue weighted by molar-refractivity contribution is -0.122. The van der Waals surface area contributed by atoms with E-state index >= 15 is 0 Å². The average Bonchev–Trinajstić information content (AvgIpc) is 2.85. The molecule has 0 bridgehead atoms. The molecule has 106 valence electrons. The molecule has 1 saturated carbocycles. The summed E-state index contributed by atoms with van der Waals surface area (Å²) in [6.45, 7) is 2.43. The van der Waals surface area contributed by atoms with E-state index in [4.69, 9.17) is 0 Å². The predicted molar refractivity (Wildman–Crippen MR) is 76.2 cm³/mol. The predicted octanol–water partition coefficient (Wildman–Crippen LogP) is 2.06. The number of carbonyl (C=O) groups excluding carboxylic acids is 1. The first-order valence-corrected chi connectivity index (χ1v) is 7.92. The van der Waals surface area contributed by atoms with Gasteiger partial charge in [0.25, 0.3) is 0 Å². The second kappa shape index (κ2) is 6.48. The zero-order valence-electron chi connectivity index (χ0n) is 11.4. The maximum Gasteiger partial charge on any atom is 0.226 e. The van der Waals surface area contributed by atoms with E-state index in [9.17, 15) is 9.90 Å². The summed E-state index contributed by atoms with van der Waals surface area (Å²) in [7, 11) is 0. The molecule has 1 fully saturated rings. The first-order valence-electron chi connectivity index (χ1n) is 7.04. The molecule has 0 atom stereocenters. The van der Waals surface area contributed by atoms with Gasteiger partial charge in [-0.3, -0.25) is 4.79 Å². The molecule has 0 unspecified atom stereocenters. The number of thiazole rings is 1. The highest BCUT2D eigenvalue weighted by Crippen LogP contribution is 2.27. The van der Waals surface area contributed by atoms with E-state index in [-0.39, 0.29) is 5.91 Å². The van der Waals surface area contributed by atoms with Crippen molar-refractivity contribution >= 4 is 17.2 Å². The number of aryl methyl sites for hydroxylation is 1. The van der Waals surface area contributed by atoms with Crippen LogP contribution in [0, 0.1) is 0 Å². The molecule has 1 heterocycles. The first kappa shape index (κ1) is 14.5. The Balaban J connectivity index is 1.77. The van der Waals surface area contributed by atoms with Crippen molar-refractivity contribution in [1.82, 2.24) is 10.3 Å². The molecule has 0 saturated heterocycles. The number of hydrogen-bond acceptors (Lipinski definition) is 4. The van der Waals surface area contributed by atoms with Gasteiger partial charge in [0.1, 0.15) is 0 Å². The maximum absolute atomic E-state index is 11.8. The molecule has 19 heavy (non-hydrogen) atoms. The highest BCUT2D eigenvalue weighted by Gasteiger charge is 2.29. The molecule has 0 radical (unpaired) electrons. The van der Waals surface area contributed by atoms with Crippen LogP contribution in [0.15, 0.2) is 5.38 Å². The number of carbonyl (C=O) groups is 1. The smallest absolute Gasteiger partial charge is 0.226 e. The Kier molecular flexibility index (Phi) is 4.93. The Morgan fingerprint density at radius 1 is 1.47 bits per heavy atom. The van der Waals surface area contributed by atoms with E-state index in [0.717, 1.165) is 42.8 Å². The van der Waals surface area contributed by atoms with Crippen molar-refractivity contribution in [2.24, 2.45) is 0 Å². The highest BCUT2D eigenvalue weighted by molar-refractivity contribution is 7.09. The number of nitrogens with one attached hydrogen (secondary N) is 1. The summed E-state index contributed by atoms with van der Waals surface area (Å²) >= 11 is 1.60. The van der Waals surface area contributed by atoms with Gasteiger partial charge in [0, 0.05) is 11.9 Å². The van der Waals surface area contributed by atoms with Crippen molar-refractivity contribution in [3.63, 3.8) is 0 Å². The maximum atomic E-state index is 11.8. The first-order chi connectivity index (χ1) is 9.11. The Labute approximate surface area is 118 Å². The van der Waals surface area contributed by atoms with Crippen molar-refractivity contribution < 1.29 is 9.90 Å². The van der Waals surface area contributed by atoms with Crippen LogP contribution in [-0.2, 0) is 17.6 Å². The second-order valence-electron chi connectivity index (χ2n) is 5.32. The van der Waals surface area contributed by atoms with E-state index in [1.807, 2.05) is 5.38 Å². The van der Waals surface area contributed by atoms with Gasteiger partial charge in [-0.05, 0) is 19.3 Å². The van der Waals surface area contributed by atoms with Crippen molar-refractivity contribution in [1.29, 1.82) is 0 Å². The number of aromatic nitrogens is 1. The minimum absolute atomic E-state index is 0.0491. The van der Waals surface area contributed by atoms with Crippen LogP contribution in [0.1, 0.15) is 49.7 Å². The normalized spacial score (nSPS) is 18.2. The third-order valence-corrected chi connectivity index (χ3v) is 4.68. The molecule has 5 heteroatoms. The van der Waals surface area contributed by atoms with Crippen molar-refractivity contribution in [3.05, 3.63) is 16.1 Å². The zero-order valence-corrected chi connectivity index (χ0v) is 12.3. The van der Waals surface area contributed by atoms with Gasteiger partial charge in [0.15, 0.2) is 0 Å². The van der Waals surface area contributed by atoms with Gasteiger partial charge < -0.3 is 10.4 Å². The molecule has 0 spiro atoms. The fourth-order valence-corrected chi connectivity index (χ4v) is 3.21. The standard InChI is InChI=1S/C14H22N2O2S/c1-2-13-16-11(9-19-13)8-12(17)15-10-14(18)6-4-3-5-7-14/h9,18H,2-8,10H2,1H3,(H,15,17). The van der Waals surface area contributed by atoms with E-state index in [0.29, 0.717) is 13.0 Å². The Hall–Kier alpha value is -0.940. The molecule has 2 rings (SSSR count). The van der Waals surface area contributed by atoms with Gasteiger partial charge in [0.2, 0.25) is 5.91 Å². The van der Waals surface area contributed by atoms with Crippen LogP contribution in [0.5, 0.6) is 0 Å². The summed E-state index contributed by atoms with van der Waals surface area (Å²) in [5, 5.41) is 16.1. The molecule has 4 nitrogen and oxygen atoms in total. The Bertz CT molecular complexity index is 425. The Morgan fingerprint density at radius 3 is 2.84 bits per heavy atom. The van der Waals surface area contributed by atoms with Crippen LogP contribution in [0.4, 0.5) is 0 Å².